The minimum atomic E-state index is 0.143. The van der Waals surface area contributed by atoms with Crippen molar-refractivity contribution in [3.63, 3.8) is 0 Å². The second-order valence-corrected chi connectivity index (χ2v) is 5.23. The second kappa shape index (κ2) is 5.53. The van der Waals surface area contributed by atoms with E-state index in [0.29, 0.717) is 6.04 Å². The van der Waals surface area contributed by atoms with Crippen LogP contribution in [0.5, 0.6) is 0 Å². The lowest BCUT2D eigenvalue weighted by atomic mass is 10.0. The average Bonchev–Trinajstić information content (AvgIpc) is 2.41. The minimum Gasteiger partial charge on any atom is -0.337 e. The van der Waals surface area contributed by atoms with E-state index in [4.69, 9.17) is 0 Å². The van der Waals surface area contributed by atoms with E-state index in [9.17, 15) is 4.79 Å². The molecule has 1 heterocycles. The maximum absolute atomic E-state index is 12.5. The van der Waals surface area contributed by atoms with Crippen molar-refractivity contribution in [2.75, 3.05) is 20.1 Å². The van der Waals surface area contributed by atoms with Gasteiger partial charge in [0, 0.05) is 25.2 Å². The molecule has 1 amide bonds. The zero-order valence-corrected chi connectivity index (χ0v) is 11.5. The van der Waals surface area contributed by atoms with E-state index in [1.165, 1.54) is 0 Å². The lowest BCUT2D eigenvalue weighted by Crippen LogP contribution is -2.46. The van der Waals surface area contributed by atoms with Crippen LogP contribution in [-0.2, 0) is 0 Å². The number of rotatable bonds is 2. The third kappa shape index (κ3) is 2.72. The zero-order chi connectivity index (χ0) is 13.1. The predicted molar refractivity (Wildman–Crippen MR) is 73.9 cm³/mol. The van der Waals surface area contributed by atoms with Crippen molar-refractivity contribution in [2.45, 2.75) is 32.7 Å². The smallest absolute Gasteiger partial charge is 0.254 e. The zero-order valence-electron chi connectivity index (χ0n) is 11.5. The van der Waals surface area contributed by atoms with Gasteiger partial charge in [0.2, 0.25) is 0 Å². The van der Waals surface area contributed by atoms with Crippen LogP contribution in [0.25, 0.3) is 0 Å². The highest BCUT2D eigenvalue weighted by atomic mass is 16.2. The quantitative estimate of drug-likeness (QED) is 0.867. The van der Waals surface area contributed by atoms with Gasteiger partial charge in [-0.25, -0.2) is 0 Å². The molecular weight excluding hydrogens is 224 g/mol. The van der Waals surface area contributed by atoms with Gasteiger partial charge in [-0.2, -0.15) is 0 Å². The summed E-state index contributed by atoms with van der Waals surface area (Å²) in [6, 6.07) is 6.39. The van der Waals surface area contributed by atoms with Crippen LogP contribution in [0.4, 0.5) is 0 Å². The molecule has 0 saturated carbocycles. The fraction of sp³-hybridized carbons (Fsp3) is 0.533. The standard InChI is InChI=1S/C15H22N2O/c1-11-6-7-12(2)14(9-11)15(18)17(3)13-5-4-8-16-10-13/h6-7,9,13,16H,4-5,8,10H2,1-3H3. The van der Waals surface area contributed by atoms with Crippen LogP contribution >= 0.6 is 0 Å². The third-order valence-corrected chi connectivity index (χ3v) is 3.76. The summed E-state index contributed by atoms with van der Waals surface area (Å²) in [6.07, 6.45) is 2.25. The summed E-state index contributed by atoms with van der Waals surface area (Å²) in [5, 5.41) is 3.35. The highest BCUT2D eigenvalue weighted by Crippen LogP contribution is 2.16. The van der Waals surface area contributed by atoms with Crippen molar-refractivity contribution in [2.24, 2.45) is 0 Å². The van der Waals surface area contributed by atoms with E-state index >= 15 is 0 Å². The lowest BCUT2D eigenvalue weighted by Gasteiger charge is -2.32. The summed E-state index contributed by atoms with van der Waals surface area (Å²) in [4.78, 5) is 14.4. The Morgan fingerprint density at radius 1 is 1.39 bits per heavy atom. The second-order valence-electron chi connectivity index (χ2n) is 5.23. The molecule has 0 bridgehead atoms. The van der Waals surface area contributed by atoms with Gasteiger partial charge in [-0.1, -0.05) is 17.7 Å². The predicted octanol–water partition coefficient (Wildman–Crippen LogP) is 2.13. The Morgan fingerprint density at radius 3 is 2.83 bits per heavy atom. The molecule has 0 aliphatic carbocycles. The lowest BCUT2D eigenvalue weighted by molar-refractivity contribution is 0.0707. The van der Waals surface area contributed by atoms with Crippen LogP contribution in [0.3, 0.4) is 0 Å². The van der Waals surface area contributed by atoms with E-state index in [1.807, 2.05) is 44.0 Å². The SMILES string of the molecule is Cc1ccc(C)c(C(=O)N(C)C2CCCNC2)c1. The molecule has 3 nitrogen and oxygen atoms in total. The maximum Gasteiger partial charge on any atom is 0.254 e. The molecule has 1 fully saturated rings. The fourth-order valence-electron chi connectivity index (χ4n) is 2.49. The summed E-state index contributed by atoms with van der Waals surface area (Å²) >= 11 is 0. The van der Waals surface area contributed by atoms with Crippen LogP contribution in [0.2, 0.25) is 0 Å². The molecule has 1 saturated heterocycles. The van der Waals surface area contributed by atoms with Crippen molar-refractivity contribution in [1.29, 1.82) is 0 Å². The monoisotopic (exact) mass is 246 g/mol. The number of carbonyl (C=O) groups excluding carboxylic acids is 1. The Labute approximate surface area is 109 Å². The van der Waals surface area contributed by atoms with E-state index in [-0.39, 0.29) is 5.91 Å². The molecule has 1 aromatic carbocycles. The molecule has 1 N–H and O–H groups in total. The molecule has 0 spiro atoms. The first kappa shape index (κ1) is 13.1. The van der Waals surface area contributed by atoms with Crippen LogP contribution < -0.4 is 5.32 Å². The van der Waals surface area contributed by atoms with Crippen molar-refractivity contribution in [1.82, 2.24) is 10.2 Å². The van der Waals surface area contributed by atoms with Gasteiger partial charge in [0.25, 0.3) is 5.91 Å². The first-order valence-electron chi connectivity index (χ1n) is 6.64. The van der Waals surface area contributed by atoms with E-state index < -0.39 is 0 Å². The first-order chi connectivity index (χ1) is 8.59. The molecule has 1 aliphatic heterocycles. The van der Waals surface area contributed by atoms with Crippen LogP contribution in [0, 0.1) is 13.8 Å². The topological polar surface area (TPSA) is 32.3 Å². The first-order valence-corrected chi connectivity index (χ1v) is 6.64. The summed E-state index contributed by atoms with van der Waals surface area (Å²) in [5.74, 6) is 0.143. The third-order valence-electron chi connectivity index (χ3n) is 3.76. The van der Waals surface area contributed by atoms with E-state index in [0.717, 1.165) is 42.6 Å². The molecule has 1 aliphatic rings. The molecule has 0 radical (unpaired) electrons. The number of likely N-dealkylation sites (N-methyl/N-ethyl adjacent to an activating group) is 1. The summed E-state index contributed by atoms with van der Waals surface area (Å²) in [7, 11) is 1.92. The van der Waals surface area contributed by atoms with Gasteiger partial charge < -0.3 is 10.2 Å². The van der Waals surface area contributed by atoms with Gasteiger partial charge in [-0.3, -0.25) is 4.79 Å². The molecule has 0 aromatic heterocycles. The Bertz CT molecular complexity index is 436. The van der Waals surface area contributed by atoms with Gasteiger partial charge >= 0.3 is 0 Å². The van der Waals surface area contributed by atoms with Crippen molar-refractivity contribution in [3.8, 4) is 0 Å². The van der Waals surface area contributed by atoms with Crippen LogP contribution in [-0.4, -0.2) is 37.0 Å². The molecule has 98 valence electrons. The highest BCUT2D eigenvalue weighted by Gasteiger charge is 2.23. The number of nitrogens with one attached hydrogen (secondary N) is 1. The molecule has 1 unspecified atom stereocenters. The molecule has 1 aromatic rings. The summed E-state index contributed by atoms with van der Waals surface area (Å²) in [5.41, 5.74) is 3.03. The molecule has 3 heteroatoms. The number of amides is 1. The summed E-state index contributed by atoms with van der Waals surface area (Å²) < 4.78 is 0. The van der Waals surface area contributed by atoms with Crippen molar-refractivity contribution >= 4 is 5.91 Å². The largest absolute Gasteiger partial charge is 0.337 e. The van der Waals surface area contributed by atoms with Crippen molar-refractivity contribution in [3.05, 3.63) is 34.9 Å². The van der Waals surface area contributed by atoms with Crippen molar-refractivity contribution < 1.29 is 4.79 Å². The Morgan fingerprint density at radius 2 is 2.17 bits per heavy atom. The number of piperidine rings is 1. The highest BCUT2D eigenvalue weighted by molar-refractivity contribution is 5.95. The number of carbonyl (C=O) groups is 1. The number of hydrogen-bond acceptors (Lipinski definition) is 2. The Balaban J connectivity index is 2.16. The fourth-order valence-corrected chi connectivity index (χ4v) is 2.49. The Kier molecular flexibility index (Phi) is 4.02. The van der Waals surface area contributed by atoms with Gasteiger partial charge in [-0.05, 0) is 44.9 Å². The van der Waals surface area contributed by atoms with Crippen LogP contribution in [0.1, 0.15) is 34.3 Å². The van der Waals surface area contributed by atoms with E-state index in [2.05, 4.69) is 5.32 Å². The number of benzene rings is 1. The molecule has 18 heavy (non-hydrogen) atoms. The Hall–Kier alpha value is -1.35. The van der Waals surface area contributed by atoms with Gasteiger partial charge in [0.15, 0.2) is 0 Å². The van der Waals surface area contributed by atoms with Crippen LogP contribution in [0.15, 0.2) is 18.2 Å². The average molecular weight is 246 g/mol. The normalized spacial score (nSPS) is 19.6. The molecule has 2 rings (SSSR count). The van der Waals surface area contributed by atoms with E-state index in [1.54, 1.807) is 0 Å². The van der Waals surface area contributed by atoms with Gasteiger partial charge in [-0.15, -0.1) is 0 Å². The molecule has 1 atom stereocenters. The number of nitrogens with zero attached hydrogens (tertiary/aromatic N) is 1. The summed E-state index contributed by atoms with van der Waals surface area (Å²) in [6.45, 7) is 6.01. The minimum absolute atomic E-state index is 0.143. The van der Waals surface area contributed by atoms with Gasteiger partial charge in [0.1, 0.15) is 0 Å². The maximum atomic E-state index is 12.5. The van der Waals surface area contributed by atoms with Gasteiger partial charge in [0.05, 0.1) is 0 Å². The number of aryl methyl sites for hydroxylation is 2. The molecular formula is C15H22N2O. The number of hydrogen-bond donors (Lipinski definition) is 1.